The summed E-state index contributed by atoms with van der Waals surface area (Å²) < 4.78 is 2.98. The van der Waals surface area contributed by atoms with Gasteiger partial charge in [-0.05, 0) is 35.9 Å². The summed E-state index contributed by atoms with van der Waals surface area (Å²) in [6, 6.07) is 9.34. The molecule has 2 nitrogen and oxygen atoms in total. The number of halogens is 4. The third-order valence-electron chi connectivity index (χ3n) is 4.34. The van der Waals surface area contributed by atoms with E-state index in [1.807, 2.05) is 32.2 Å². The first-order chi connectivity index (χ1) is 11.8. The van der Waals surface area contributed by atoms with Gasteiger partial charge in [0.15, 0.2) is 5.78 Å². The first-order valence-corrected chi connectivity index (χ1v) is 9.69. The van der Waals surface area contributed by atoms with Gasteiger partial charge in [-0.25, -0.2) is 0 Å². The topological polar surface area (TPSA) is 22.0 Å². The molecule has 0 amide bonds. The fourth-order valence-corrected chi connectivity index (χ4v) is 4.38. The molecule has 0 atom stereocenters. The van der Waals surface area contributed by atoms with E-state index in [4.69, 9.17) is 34.8 Å². The molecule has 130 valence electrons. The molecule has 1 heterocycles. The first kappa shape index (κ1) is 18.8. The Bertz CT molecular complexity index is 994. The second-order valence-corrected chi connectivity index (χ2v) is 7.96. The molecule has 25 heavy (non-hydrogen) atoms. The fourth-order valence-electron chi connectivity index (χ4n) is 2.93. The van der Waals surface area contributed by atoms with E-state index in [1.165, 1.54) is 0 Å². The van der Waals surface area contributed by atoms with E-state index in [2.05, 4.69) is 20.5 Å². The Kier molecular flexibility index (Phi) is 5.50. The monoisotopic (exact) mass is 457 g/mol. The van der Waals surface area contributed by atoms with Crippen molar-refractivity contribution < 1.29 is 4.79 Å². The van der Waals surface area contributed by atoms with Crippen LogP contribution in [0.2, 0.25) is 15.1 Å². The minimum atomic E-state index is 0.00642. The number of nitrogens with zero attached hydrogens (tertiary/aromatic N) is 1. The van der Waals surface area contributed by atoms with Crippen LogP contribution in [0.15, 0.2) is 34.8 Å². The van der Waals surface area contributed by atoms with Crippen LogP contribution in [0.25, 0.3) is 10.9 Å². The van der Waals surface area contributed by atoms with Gasteiger partial charge in [0, 0.05) is 46.0 Å². The summed E-state index contributed by atoms with van der Waals surface area (Å²) in [5.74, 6) is 0.00642. The maximum atomic E-state index is 12.1. The Labute approximate surface area is 169 Å². The van der Waals surface area contributed by atoms with Gasteiger partial charge in [0.25, 0.3) is 0 Å². The highest BCUT2D eigenvalue weighted by Crippen LogP contribution is 2.34. The minimum absolute atomic E-state index is 0.00642. The number of aromatic nitrogens is 1. The minimum Gasteiger partial charge on any atom is -0.347 e. The Hall–Kier alpha value is -1.000. The highest BCUT2D eigenvalue weighted by Gasteiger charge is 2.18. The van der Waals surface area contributed by atoms with Crippen LogP contribution in [0.1, 0.15) is 35.0 Å². The number of carbonyl (C=O) groups excluding carboxylic acids is 1. The van der Waals surface area contributed by atoms with Crippen LogP contribution in [0.3, 0.4) is 0 Å². The molecule has 0 aliphatic carbocycles. The van der Waals surface area contributed by atoms with Crippen molar-refractivity contribution >= 4 is 67.4 Å². The quantitative estimate of drug-likeness (QED) is 0.382. The van der Waals surface area contributed by atoms with Gasteiger partial charge in [0.05, 0.1) is 15.6 Å². The van der Waals surface area contributed by atoms with Crippen LogP contribution in [0.4, 0.5) is 0 Å². The van der Waals surface area contributed by atoms with Gasteiger partial charge in [0.2, 0.25) is 0 Å². The number of ketones is 1. The number of benzene rings is 2. The molecule has 0 aliphatic rings. The summed E-state index contributed by atoms with van der Waals surface area (Å²) >= 11 is 22.7. The normalized spacial score (nSPS) is 11.3. The zero-order valence-electron chi connectivity index (χ0n) is 13.7. The number of carbonyl (C=O) groups is 1. The highest BCUT2D eigenvalue weighted by atomic mass is 79.9. The predicted molar refractivity (Wildman–Crippen MR) is 110 cm³/mol. The second kappa shape index (κ2) is 7.32. The molecule has 0 unspecified atom stereocenters. The van der Waals surface area contributed by atoms with E-state index in [9.17, 15) is 4.79 Å². The smallest absolute Gasteiger partial charge is 0.164 e. The van der Waals surface area contributed by atoms with Crippen molar-refractivity contribution in [1.82, 2.24) is 4.57 Å². The van der Waals surface area contributed by atoms with Crippen LogP contribution in [-0.2, 0) is 13.5 Å². The number of hydrogen-bond donors (Lipinski definition) is 0. The lowest BCUT2D eigenvalue weighted by atomic mass is 10.0. The van der Waals surface area contributed by atoms with E-state index in [1.54, 1.807) is 12.1 Å². The van der Waals surface area contributed by atoms with Gasteiger partial charge in [0.1, 0.15) is 0 Å². The molecular weight excluding hydrogens is 444 g/mol. The van der Waals surface area contributed by atoms with Crippen molar-refractivity contribution in [1.29, 1.82) is 0 Å². The van der Waals surface area contributed by atoms with Crippen LogP contribution in [0.5, 0.6) is 0 Å². The fraction of sp³-hybridized carbons (Fsp3) is 0.211. The molecule has 0 saturated carbocycles. The average Bonchev–Trinajstić information content (AvgIpc) is 2.88. The van der Waals surface area contributed by atoms with Crippen molar-refractivity contribution in [2.45, 2.75) is 19.8 Å². The molecule has 3 rings (SSSR count). The lowest BCUT2D eigenvalue weighted by Crippen LogP contribution is -2.03. The second-order valence-electron chi connectivity index (χ2n) is 5.86. The van der Waals surface area contributed by atoms with Crippen molar-refractivity contribution in [2.75, 3.05) is 0 Å². The summed E-state index contributed by atoms with van der Waals surface area (Å²) in [7, 11) is 1.98. The predicted octanol–water partition coefficient (Wildman–Crippen LogP) is 7.08. The van der Waals surface area contributed by atoms with Crippen molar-refractivity contribution in [3.8, 4) is 0 Å². The Morgan fingerprint density at radius 2 is 1.84 bits per heavy atom. The van der Waals surface area contributed by atoms with Gasteiger partial charge in [-0.15, -0.1) is 0 Å². The van der Waals surface area contributed by atoms with E-state index >= 15 is 0 Å². The van der Waals surface area contributed by atoms with Crippen LogP contribution < -0.4 is 0 Å². The van der Waals surface area contributed by atoms with Gasteiger partial charge >= 0.3 is 0 Å². The van der Waals surface area contributed by atoms with E-state index in [0.29, 0.717) is 33.5 Å². The van der Waals surface area contributed by atoms with Gasteiger partial charge in [-0.1, -0.05) is 57.7 Å². The largest absolute Gasteiger partial charge is 0.347 e. The van der Waals surface area contributed by atoms with E-state index in [-0.39, 0.29) is 5.78 Å². The Morgan fingerprint density at radius 1 is 1.12 bits per heavy atom. The number of fused-ring (bicyclic) bond motifs is 1. The van der Waals surface area contributed by atoms with Crippen molar-refractivity contribution in [2.24, 2.45) is 7.05 Å². The summed E-state index contributed by atoms with van der Waals surface area (Å²) in [6.45, 7) is 1.82. The molecule has 0 bridgehead atoms. The molecule has 6 heteroatoms. The van der Waals surface area contributed by atoms with Crippen LogP contribution in [-0.4, -0.2) is 10.4 Å². The van der Waals surface area contributed by atoms with Crippen LogP contribution in [0, 0.1) is 0 Å². The van der Waals surface area contributed by atoms with Gasteiger partial charge in [-0.3, -0.25) is 4.79 Å². The molecule has 0 N–H and O–H groups in total. The number of Topliss-reactive ketones (excluding diaryl/α,β-unsaturated/α-hetero) is 1. The highest BCUT2D eigenvalue weighted by molar-refractivity contribution is 9.10. The summed E-state index contributed by atoms with van der Waals surface area (Å²) in [5.41, 5.74) is 3.30. The van der Waals surface area contributed by atoms with E-state index in [0.717, 1.165) is 26.6 Å². The summed E-state index contributed by atoms with van der Waals surface area (Å²) in [6.07, 6.45) is 0.917. The lowest BCUT2D eigenvalue weighted by Gasteiger charge is -2.12. The standard InChI is InChI=1S/C19H15BrCl3NO/c1-3-18(25)12-4-5-15(21)14(19(12)23)9-11-8-13-16(22)6-10(20)7-17(13)24(11)2/h4-8H,3,9H2,1-2H3. The number of hydrogen-bond acceptors (Lipinski definition) is 1. The Balaban J connectivity index is 2.12. The zero-order chi connectivity index (χ0) is 18.3. The number of aryl methyl sites for hydroxylation is 1. The number of rotatable bonds is 4. The summed E-state index contributed by atoms with van der Waals surface area (Å²) in [5, 5.41) is 2.63. The third kappa shape index (κ3) is 3.48. The zero-order valence-corrected chi connectivity index (χ0v) is 17.5. The summed E-state index contributed by atoms with van der Waals surface area (Å²) in [4.78, 5) is 12.1. The molecular formula is C19H15BrCl3NO. The third-order valence-corrected chi connectivity index (χ3v) is 5.90. The van der Waals surface area contributed by atoms with Crippen LogP contribution >= 0.6 is 50.7 Å². The van der Waals surface area contributed by atoms with Crippen molar-refractivity contribution in [3.05, 3.63) is 66.7 Å². The van der Waals surface area contributed by atoms with Gasteiger partial charge in [-0.2, -0.15) is 0 Å². The maximum absolute atomic E-state index is 12.1. The SMILES string of the molecule is CCC(=O)c1ccc(Cl)c(Cc2cc3c(Cl)cc(Br)cc3n2C)c1Cl. The molecule has 0 aliphatic heterocycles. The van der Waals surface area contributed by atoms with E-state index < -0.39 is 0 Å². The van der Waals surface area contributed by atoms with Crippen molar-refractivity contribution in [3.63, 3.8) is 0 Å². The Morgan fingerprint density at radius 3 is 2.52 bits per heavy atom. The maximum Gasteiger partial charge on any atom is 0.164 e. The molecule has 0 saturated heterocycles. The molecule has 2 aromatic carbocycles. The lowest BCUT2D eigenvalue weighted by molar-refractivity contribution is 0.0988. The molecule has 3 aromatic rings. The molecule has 1 aromatic heterocycles. The first-order valence-electron chi connectivity index (χ1n) is 7.76. The molecule has 0 spiro atoms. The van der Waals surface area contributed by atoms with Gasteiger partial charge < -0.3 is 4.57 Å². The average molecular weight is 460 g/mol. The molecule has 0 radical (unpaired) electrons. The molecule has 0 fully saturated rings.